The maximum Gasteiger partial charge on any atom is 0.135 e. The zero-order chi connectivity index (χ0) is 36.7. The van der Waals surface area contributed by atoms with Crippen LogP contribution in [0.2, 0.25) is 0 Å². The van der Waals surface area contributed by atoms with Crippen LogP contribution in [-0.4, -0.2) is 0 Å². The molecule has 0 unspecified atom stereocenters. The van der Waals surface area contributed by atoms with Crippen LogP contribution in [0.25, 0.3) is 76.9 Å². The first kappa shape index (κ1) is 31.6. The lowest BCUT2D eigenvalue weighted by Gasteiger charge is -2.28. The monoisotopic (exact) mass is 703 g/mol. The molecule has 0 N–H and O–H groups in total. The summed E-state index contributed by atoms with van der Waals surface area (Å²) in [7, 11) is 0. The molecular formula is C53H37NO. The van der Waals surface area contributed by atoms with Gasteiger partial charge in [-0.05, 0) is 133 Å². The van der Waals surface area contributed by atoms with Gasteiger partial charge >= 0.3 is 0 Å². The van der Waals surface area contributed by atoms with Crippen LogP contribution >= 0.6 is 0 Å². The van der Waals surface area contributed by atoms with Gasteiger partial charge in [0.2, 0.25) is 0 Å². The van der Waals surface area contributed by atoms with Crippen LogP contribution in [0.4, 0.5) is 17.1 Å². The van der Waals surface area contributed by atoms with Gasteiger partial charge in [-0.3, -0.25) is 0 Å². The van der Waals surface area contributed by atoms with Crippen molar-refractivity contribution in [3.8, 4) is 33.4 Å². The fraction of sp³-hybridized carbons (Fsp3) is 0.0566. The van der Waals surface area contributed by atoms with Crippen molar-refractivity contribution in [3.05, 3.63) is 199 Å². The number of anilines is 3. The Labute approximate surface area is 320 Å². The molecule has 0 radical (unpaired) electrons. The summed E-state index contributed by atoms with van der Waals surface area (Å²) in [5.74, 6) is 0. The lowest BCUT2D eigenvalue weighted by Crippen LogP contribution is -2.16. The largest absolute Gasteiger partial charge is 0.456 e. The predicted molar refractivity (Wildman–Crippen MR) is 232 cm³/mol. The van der Waals surface area contributed by atoms with Crippen LogP contribution in [0.5, 0.6) is 0 Å². The second-order valence-electron chi connectivity index (χ2n) is 15.4. The Kier molecular flexibility index (Phi) is 6.93. The normalized spacial score (nSPS) is 13.1. The van der Waals surface area contributed by atoms with E-state index in [1.54, 1.807) is 0 Å². The summed E-state index contributed by atoms with van der Waals surface area (Å²) in [6.07, 6.45) is 0. The third-order valence-corrected chi connectivity index (χ3v) is 11.8. The molecule has 0 aliphatic heterocycles. The molecule has 1 heterocycles. The van der Waals surface area contributed by atoms with Crippen molar-refractivity contribution in [3.63, 3.8) is 0 Å². The molecule has 1 aliphatic rings. The van der Waals surface area contributed by atoms with E-state index in [4.69, 9.17) is 4.42 Å². The van der Waals surface area contributed by atoms with Gasteiger partial charge in [-0.2, -0.15) is 0 Å². The molecule has 2 nitrogen and oxygen atoms in total. The third-order valence-electron chi connectivity index (χ3n) is 11.8. The van der Waals surface area contributed by atoms with E-state index in [0.717, 1.165) is 39.0 Å². The SMILES string of the molecule is CC1(C)c2ccccc2-c2ccc(N(c3ccc(-c4ccc5ccc(-c6ccc7ccccc7c6)cc5c4)cc3)c3ccc4oc5ccccc5c4c3)cc21. The number of nitrogens with zero attached hydrogens (tertiary/aromatic N) is 1. The molecule has 0 fully saturated rings. The Morgan fingerprint density at radius 3 is 1.71 bits per heavy atom. The summed E-state index contributed by atoms with van der Waals surface area (Å²) < 4.78 is 6.25. The zero-order valence-electron chi connectivity index (χ0n) is 30.8. The smallest absolute Gasteiger partial charge is 0.135 e. The molecule has 260 valence electrons. The molecule has 0 amide bonds. The zero-order valence-corrected chi connectivity index (χ0v) is 30.8. The average Bonchev–Trinajstić information content (AvgIpc) is 3.72. The fourth-order valence-corrected chi connectivity index (χ4v) is 8.91. The Bertz CT molecular complexity index is 3130. The summed E-state index contributed by atoms with van der Waals surface area (Å²) in [5.41, 5.74) is 15.2. The molecule has 0 bridgehead atoms. The van der Waals surface area contributed by atoms with Crippen molar-refractivity contribution in [1.29, 1.82) is 0 Å². The van der Waals surface area contributed by atoms with E-state index in [0.29, 0.717) is 0 Å². The van der Waals surface area contributed by atoms with Crippen molar-refractivity contribution >= 4 is 60.5 Å². The van der Waals surface area contributed by atoms with Gasteiger partial charge in [0.25, 0.3) is 0 Å². The molecule has 0 atom stereocenters. The lowest BCUT2D eigenvalue weighted by atomic mass is 9.82. The highest BCUT2D eigenvalue weighted by atomic mass is 16.3. The standard InChI is InChI=1S/C53H37NO/c1-53(2)49-13-7-5-11-45(49)46-27-25-44(33-50(46)53)54(43-26-28-52-48(32-43)47-12-6-8-14-51(47)55-52)42-23-21-35(22-24-42)38-18-16-36-17-20-40(31-41(36)30-38)39-19-15-34-9-3-4-10-37(34)29-39/h3-33H,1-2H3. The van der Waals surface area contributed by atoms with Crippen LogP contribution in [-0.2, 0) is 5.41 Å². The lowest BCUT2D eigenvalue weighted by molar-refractivity contribution is 0.660. The van der Waals surface area contributed by atoms with Crippen molar-refractivity contribution in [2.45, 2.75) is 19.3 Å². The maximum atomic E-state index is 6.25. The Balaban J connectivity index is 1.00. The van der Waals surface area contributed by atoms with E-state index in [9.17, 15) is 0 Å². The second kappa shape index (κ2) is 12.1. The number of furan rings is 1. The molecule has 2 heteroatoms. The number of hydrogen-bond acceptors (Lipinski definition) is 2. The molecule has 10 aromatic rings. The molecule has 0 saturated carbocycles. The highest BCUT2D eigenvalue weighted by Gasteiger charge is 2.35. The first-order chi connectivity index (χ1) is 27.0. The van der Waals surface area contributed by atoms with Crippen LogP contribution < -0.4 is 4.90 Å². The van der Waals surface area contributed by atoms with Crippen molar-refractivity contribution in [1.82, 2.24) is 0 Å². The summed E-state index contributed by atoms with van der Waals surface area (Å²) in [6, 6.07) is 68.6. The van der Waals surface area contributed by atoms with Gasteiger partial charge < -0.3 is 9.32 Å². The van der Waals surface area contributed by atoms with E-state index in [-0.39, 0.29) is 5.41 Å². The highest BCUT2D eigenvalue weighted by Crippen LogP contribution is 2.51. The molecule has 11 rings (SSSR count). The van der Waals surface area contributed by atoms with E-state index in [2.05, 4.69) is 195 Å². The second-order valence-corrected chi connectivity index (χ2v) is 15.4. The number of rotatable bonds is 5. The summed E-state index contributed by atoms with van der Waals surface area (Å²) in [4.78, 5) is 2.39. The minimum atomic E-state index is -0.105. The van der Waals surface area contributed by atoms with Crippen molar-refractivity contribution < 1.29 is 4.42 Å². The van der Waals surface area contributed by atoms with Crippen LogP contribution in [0, 0.1) is 0 Å². The van der Waals surface area contributed by atoms with E-state index in [1.807, 2.05) is 12.1 Å². The third kappa shape index (κ3) is 5.10. The first-order valence-electron chi connectivity index (χ1n) is 19.1. The Hall–Kier alpha value is -6.90. The van der Waals surface area contributed by atoms with Crippen LogP contribution in [0.1, 0.15) is 25.0 Å². The van der Waals surface area contributed by atoms with Gasteiger partial charge in [-0.15, -0.1) is 0 Å². The van der Waals surface area contributed by atoms with Gasteiger partial charge in [0.05, 0.1) is 0 Å². The van der Waals surface area contributed by atoms with Crippen molar-refractivity contribution in [2.75, 3.05) is 4.90 Å². The summed E-state index contributed by atoms with van der Waals surface area (Å²) in [5, 5.41) is 7.23. The molecule has 0 spiro atoms. The molecule has 0 saturated heterocycles. The fourth-order valence-electron chi connectivity index (χ4n) is 8.91. The molecule has 1 aliphatic carbocycles. The van der Waals surface area contributed by atoms with Gasteiger partial charge in [-0.25, -0.2) is 0 Å². The Morgan fingerprint density at radius 2 is 0.909 bits per heavy atom. The topological polar surface area (TPSA) is 16.4 Å². The first-order valence-corrected chi connectivity index (χ1v) is 19.1. The van der Waals surface area contributed by atoms with Gasteiger partial charge in [0, 0.05) is 33.2 Å². The predicted octanol–water partition coefficient (Wildman–Crippen LogP) is 15.0. The van der Waals surface area contributed by atoms with Gasteiger partial charge in [0.15, 0.2) is 0 Å². The summed E-state index contributed by atoms with van der Waals surface area (Å²) in [6.45, 7) is 4.69. The molecule has 55 heavy (non-hydrogen) atoms. The highest BCUT2D eigenvalue weighted by molar-refractivity contribution is 6.06. The van der Waals surface area contributed by atoms with E-state index >= 15 is 0 Å². The van der Waals surface area contributed by atoms with Gasteiger partial charge in [-0.1, -0.05) is 135 Å². The average molecular weight is 704 g/mol. The number of para-hydroxylation sites is 1. The maximum absolute atomic E-state index is 6.25. The van der Waals surface area contributed by atoms with Crippen LogP contribution in [0.3, 0.4) is 0 Å². The summed E-state index contributed by atoms with van der Waals surface area (Å²) >= 11 is 0. The van der Waals surface area contributed by atoms with Crippen LogP contribution in [0.15, 0.2) is 192 Å². The molecular weight excluding hydrogens is 667 g/mol. The van der Waals surface area contributed by atoms with E-state index < -0.39 is 0 Å². The minimum Gasteiger partial charge on any atom is -0.456 e. The molecule has 1 aromatic heterocycles. The number of benzene rings is 9. The minimum absolute atomic E-state index is 0.105. The van der Waals surface area contributed by atoms with Crippen molar-refractivity contribution in [2.24, 2.45) is 0 Å². The van der Waals surface area contributed by atoms with Gasteiger partial charge in [0.1, 0.15) is 11.2 Å². The number of hydrogen-bond donors (Lipinski definition) is 0. The molecule has 9 aromatic carbocycles. The Morgan fingerprint density at radius 1 is 0.364 bits per heavy atom. The van der Waals surface area contributed by atoms with E-state index in [1.165, 1.54) is 66.1 Å². The quantitative estimate of drug-likeness (QED) is 0.177. The number of fused-ring (bicyclic) bond motifs is 8.